The van der Waals surface area contributed by atoms with Gasteiger partial charge in [0, 0.05) is 18.7 Å². The number of hydrogen-bond acceptors (Lipinski definition) is 5. The molecule has 1 heterocycles. The van der Waals surface area contributed by atoms with Crippen molar-refractivity contribution < 1.29 is 4.92 Å². The normalized spacial score (nSPS) is 15.1. The molecule has 0 saturated heterocycles. The molecule has 5 nitrogen and oxygen atoms in total. The number of nitrogens with zero attached hydrogens (tertiary/aromatic N) is 2. The number of hydrogen-bond donors (Lipinski definition) is 1. The van der Waals surface area contributed by atoms with E-state index in [0.717, 1.165) is 27.8 Å². The number of nitro groups is 1. The van der Waals surface area contributed by atoms with Gasteiger partial charge in [0.05, 0.1) is 15.1 Å². The molecule has 0 spiro atoms. The molecule has 1 aromatic carbocycles. The first-order chi connectivity index (χ1) is 8.22. The van der Waals surface area contributed by atoms with Crippen LogP contribution in [0.25, 0.3) is 10.2 Å². The molecule has 0 bridgehead atoms. The maximum atomic E-state index is 10.6. The van der Waals surface area contributed by atoms with Crippen molar-refractivity contribution in [1.82, 2.24) is 4.98 Å². The van der Waals surface area contributed by atoms with Crippen LogP contribution in [0.3, 0.4) is 0 Å². The number of fused-ring (bicyclic) bond motifs is 1. The Bertz CT molecular complexity index is 577. The molecule has 0 amide bonds. The van der Waals surface area contributed by atoms with Crippen molar-refractivity contribution in [2.75, 3.05) is 11.9 Å². The zero-order valence-electron chi connectivity index (χ0n) is 9.05. The average Bonchev–Trinajstić information content (AvgIpc) is 3.04. The Morgan fingerprint density at radius 3 is 3.06 bits per heavy atom. The largest absolute Gasteiger partial charge is 0.361 e. The summed E-state index contributed by atoms with van der Waals surface area (Å²) in [6.45, 7) is 0.960. The molecule has 1 aliphatic rings. The predicted octanol–water partition coefficient (Wildman–Crippen LogP) is 3.03. The molecule has 3 rings (SSSR count). The fourth-order valence-corrected chi connectivity index (χ4v) is 2.56. The first-order valence-corrected chi connectivity index (χ1v) is 6.33. The molecule has 0 unspecified atom stereocenters. The molecule has 0 aliphatic heterocycles. The molecule has 1 aliphatic carbocycles. The Kier molecular flexibility index (Phi) is 2.44. The van der Waals surface area contributed by atoms with Gasteiger partial charge in [-0.3, -0.25) is 10.1 Å². The van der Waals surface area contributed by atoms with E-state index in [9.17, 15) is 10.1 Å². The number of nitro benzene ring substituents is 1. The molecule has 1 N–H and O–H groups in total. The lowest BCUT2D eigenvalue weighted by Gasteiger charge is -1.97. The summed E-state index contributed by atoms with van der Waals surface area (Å²) >= 11 is 1.47. The van der Waals surface area contributed by atoms with Crippen molar-refractivity contribution in [3.05, 3.63) is 28.3 Å². The smallest absolute Gasteiger partial charge is 0.270 e. The number of benzene rings is 1. The summed E-state index contributed by atoms with van der Waals surface area (Å²) in [5.74, 6) is 0.788. The number of non-ortho nitro benzene ring substituents is 1. The molecule has 0 radical (unpaired) electrons. The summed E-state index contributed by atoms with van der Waals surface area (Å²) < 4.78 is 0.859. The summed E-state index contributed by atoms with van der Waals surface area (Å²) in [5.41, 5.74) is 0.939. The van der Waals surface area contributed by atoms with Crippen LogP contribution < -0.4 is 5.32 Å². The molecule has 88 valence electrons. The highest BCUT2D eigenvalue weighted by Crippen LogP contribution is 2.32. The minimum Gasteiger partial charge on any atom is -0.361 e. The Hall–Kier alpha value is -1.69. The van der Waals surface area contributed by atoms with Crippen LogP contribution in [-0.4, -0.2) is 16.5 Å². The van der Waals surface area contributed by atoms with Crippen molar-refractivity contribution in [3.8, 4) is 0 Å². The highest BCUT2D eigenvalue weighted by molar-refractivity contribution is 7.22. The Morgan fingerprint density at radius 2 is 2.35 bits per heavy atom. The van der Waals surface area contributed by atoms with Crippen LogP contribution in [0, 0.1) is 16.0 Å². The third kappa shape index (κ3) is 2.21. The molecule has 1 aromatic heterocycles. The second-order valence-electron chi connectivity index (χ2n) is 4.25. The minimum atomic E-state index is -0.379. The number of aromatic nitrogens is 1. The molecular formula is C11H11N3O2S. The van der Waals surface area contributed by atoms with E-state index in [4.69, 9.17) is 0 Å². The quantitative estimate of drug-likeness (QED) is 0.668. The molecule has 17 heavy (non-hydrogen) atoms. The lowest BCUT2D eigenvalue weighted by atomic mass is 10.3. The second kappa shape index (κ2) is 3.96. The molecule has 1 saturated carbocycles. The van der Waals surface area contributed by atoms with Gasteiger partial charge in [0.25, 0.3) is 5.69 Å². The standard InChI is InChI=1S/C11H11N3O2S/c15-14(16)8-3-4-9-10(5-8)17-11(13-9)12-6-7-1-2-7/h3-5,7H,1-2,6H2,(H,12,13). The van der Waals surface area contributed by atoms with E-state index in [1.165, 1.54) is 30.2 Å². The van der Waals surface area contributed by atoms with Gasteiger partial charge in [-0.1, -0.05) is 11.3 Å². The number of anilines is 1. The molecular weight excluding hydrogens is 238 g/mol. The topological polar surface area (TPSA) is 68.1 Å². The Balaban J connectivity index is 1.86. The summed E-state index contributed by atoms with van der Waals surface area (Å²) in [4.78, 5) is 14.7. The number of nitrogens with one attached hydrogen (secondary N) is 1. The zero-order chi connectivity index (χ0) is 11.8. The average molecular weight is 249 g/mol. The number of rotatable bonds is 4. The minimum absolute atomic E-state index is 0.120. The summed E-state index contributed by atoms with van der Waals surface area (Å²) in [6, 6.07) is 4.77. The fourth-order valence-electron chi connectivity index (χ4n) is 1.66. The van der Waals surface area contributed by atoms with Gasteiger partial charge in [-0.25, -0.2) is 4.98 Å². The van der Waals surface area contributed by atoms with Gasteiger partial charge in [-0.2, -0.15) is 0 Å². The van der Waals surface area contributed by atoms with Crippen molar-refractivity contribution >= 4 is 32.4 Å². The highest BCUT2D eigenvalue weighted by atomic mass is 32.1. The van der Waals surface area contributed by atoms with E-state index < -0.39 is 0 Å². The van der Waals surface area contributed by atoms with E-state index in [1.807, 2.05) is 0 Å². The van der Waals surface area contributed by atoms with Crippen LogP contribution in [0.15, 0.2) is 18.2 Å². The predicted molar refractivity (Wildman–Crippen MR) is 67.5 cm³/mol. The summed E-state index contributed by atoms with van der Waals surface area (Å²) in [6.07, 6.45) is 2.59. The van der Waals surface area contributed by atoms with Crippen molar-refractivity contribution in [2.45, 2.75) is 12.8 Å². The molecule has 6 heteroatoms. The Morgan fingerprint density at radius 1 is 1.53 bits per heavy atom. The Labute approximate surface area is 102 Å². The van der Waals surface area contributed by atoms with Gasteiger partial charge < -0.3 is 5.32 Å². The van der Waals surface area contributed by atoms with Gasteiger partial charge >= 0.3 is 0 Å². The van der Waals surface area contributed by atoms with Crippen molar-refractivity contribution in [2.24, 2.45) is 5.92 Å². The maximum Gasteiger partial charge on any atom is 0.270 e. The fraction of sp³-hybridized carbons (Fsp3) is 0.364. The third-order valence-electron chi connectivity index (χ3n) is 2.82. The van der Waals surface area contributed by atoms with Crippen molar-refractivity contribution in [3.63, 3.8) is 0 Å². The SMILES string of the molecule is O=[N+]([O-])c1ccc2nc(NCC3CC3)sc2c1. The van der Waals surface area contributed by atoms with Crippen molar-refractivity contribution in [1.29, 1.82) is 0 Å². The van der Waals surface area contributed by atoms with Gasteiger partial charge in [0.2, 0.25) is 0 Å². The molecule has 0 atom stereocenters. The monoisotopic (exact) mass is 249 g/mol. The van der Waals surface area contributed by atoms with Gasteiger partial charge in [-0.05, 0) is 24.8 Å². The second-order valence-corrected chi connectivity index (χ2v) is 5.28. The van der Waals surface area contributed by atoms with Crippen LogP contribution >= 0.6 is 11.3 Å². The van der Waals surface area contributed by atoms with Gasteiger partial charge in [0.1, 0.15) is 0 Å². The van der Waals surface area contributed by atoms with E-state index in [-0.39, 0.29) is 10.6 Å². The van der Waals surface area contributed by atoms with Crippen LogP contribution in [0.1, 0.15) is 12.8 Å². The highest BCUT2D eigenvalue weighted by Gasteiger charge is 2.21. The molecule has 1 fully saturated rings. The van der Waals surface area contributed by atoms with E-state index in [1.54, 1.807) is 12.1 Å². The molecule has 2 aromatic rings. The maximum absolute atomic E-state index is 10.6. The van der Waals surface area contributed by atoms with E-state index >= 15 is 0 Å². The number of thiazole rings is 1. The van der Waals surface area contributed by atoms with Crippen LogP contribution in [0.2, 0.25) is 0 Å². The lowest BCUT2D eigenvalue weighted by Crippen LogP contribution is -2.01. The van der Waals surface area contributed by atoms with E-state index in [2.05, 4.69) is 10.3 Å². The lowest BCUT2D eigenvalue weighted by molar-refractivity contribution is -0.384. The first-order valence-electron chi connectivity index (χ1n) is 5.51. The van der Waals surface area contributed by atoms with Gasteiger partial charge in [0.15, 0.2) is 5.13 Å². The van der Waals surface area contributed by atoms with Crippen LogP contribution in [-0.2, 0) is 0 Å². The van der Waals surface area contributed by atoms with E-state index in [0.29, 0.717) is 0 Å². The summed E-state index contributed by atoms with van der Waals surface area (Å²) in [7, 11) is 0. The van der Waals surface area contributed by atoms with Gasteiger partial charge in [-0.15, -0.1) is 0 Å². The zero-order valence-corrected chi connectivity index (χ0v) is 9.87. The first kappa shape index (κ1) is 10.5. The van der Waals surface area contributed by atoms with Crippen LogP contribution in [0.5, 0.6) is 0 Å². The third-order valence-corrected chi connectivity index (χ3v) is 3.80. The van der Waals surface area contributed by atoms with Crippen LogP contribution in [0.4, 0.5) is 10.8 Å². The summed E-state index contributed by atoms with van der Waals surface area (Å²) in [5, 5.41) is 14.8.